The molecular formula is C11H19NO. The molecule has 13 heavy (non-hydrogen) atoms. The molecule has 0 bridgehead atoms. The topological polar surface area (TPSA) is 35.2 Å². The first-order chi connectivity index (χ1) is 6.27. The highest BCUT2D eigenvalue weighted by atomic mass is 16.5. The molecule has 0 amide bonds. The maximum absolute atomic E-state index is 6.11. The third kappa shape index (κ3) is 3.80. The smallest absolute Gasteiger partial charge is 0.0646 e. The predicted octanol–water partition coefficient (Wildman–Crippen LogP) is 1.69. The molecule has 2 heteroatoms. The highest BCUT2D eigenvalue weighted by Crippen LogP contribution is 2.27. The van der Waals surface area contributed by atoms with E-state index in [0.717, 1.165) is 25.9 Å². The van der Waals surface area contributed by atoms with Crippen LogP contribution in [0, 0.1) is 11.8 Å². The fraction of sp³-hybridized carbons (Fsp3) is 0.818. The van der Waals surface area contributed by atoms with Gasteiger partial charge < -0.3 is 10.5 Å². The molecule has 0 aliphatic heterocycles. The van der Waals surface area contributed by atoms with Crippen molar-refractivity contribution in [1.29, 1.82) is 0 Å². The normalized spacial score (nSPS) is 19.5. The van der Waals surface area contributed by atoms with Gasteiger partial charge in [-0.2, -0.15) is 0 Å². The molecule has 1 fully saturated rings. The van der Waals surface area contributed by atoms with Crippen molar-refractivity contribution < 1.29 is 4.74 Å². The second kappa shape index (κ2) is 5.26. The number of hydrogen-bond acceptors (Lipinski definition) is 2. The van der Waals surface area contributed by atoms with E-state index < -0.39 is 0 Å². The molecule has 0 radical (unpaired) electrons. The lowest BCUT2D eigenvalue weighted by molar-refractivity contribution is 0.0910. The average Bonchev–Trinajstić information content (AvgIpc) is 2.53. The van der Waals surface area contributed by atoms with Crippen molar-refractivity contribution in [2.24, 2.45) is 5.73 Å². The zero-order chi connectivity index (χ0) is 9.57. The average molecular weight is 181 g/mol. The Hall–Kier alpha value is -0.520. The fourth-order valence-corrected chi connectivity index (χ4v) is 1.75. The first-order valence-electron chi connectivity index (χ1n) is 5.03. The molecule has 1 aliphatic carbocycles. The summed E-state index contributed by atoms with van der Waals surface area (Å²) in [6, 6.07) is 0. The Labute approximate surface area is 80.8 Å². The minimum absolute atomic E-state index is 0.0281. The van der Waals surface area contributed by atoms with Gasteiger partial charge in [-0.05, 0) is 19.8 Å². The zero-order valence-corrected chi connectivity index (χ0v) is 8.44. The highest BCUT2D eigenvalue weighted by molar-refractivity contribution is 4.94. The minimum atomic E-state index is -0.0281. The molecule has 0 saturated heterocycles. The first-order valence-corrected chi connectivity index (χ1v) is 5.03. The Bertz CT molecular complexity index is 196. The summed E-state index contributed by atoms with van der Waals surface area (Å²) in [4.78, 5) is 0. The van der Waals surface area contributed by atoms with Crippen LogP contribution in [0.25, 0.3) is 0 Å². The Morgan fingerprint density at radius 3 is 2.69 bits per heavy atom. The number of rotatable bonds is 4. The lowest BCUT2D eigenvalue weighted by Crippen LogP contribution is -2.41. The lowest BCUT2D eigenvalue weighted by Gasteiger charge is -2.22. The molecule has 74 valence electrons. The molecular weight excluding hydrogens is 162 g/mol. The Balaban J connectivity index is 2.06. The van der Waals surface area contributed by atoms with E-state index in [4.69, 9.17) is 10.5 Å². The number of nitrogens with two attached hydrogens (primary N) is 1. The van der Waals surface area contributed by atoms with Crippen LogP contribution in [0.2, 0.25) is 0 Å². The molecule has 0 aromatic heterocycles. The van der Waals surface area contributed by atoms with Crippen molar-refractivity contribution in [2.45, 2.75) is 44.6 Å². The zero-order valence-electron chi connectivity index (χ0n) is 8.44. The highest BCUT2D eigenvalue weighted by Gasteiger charge is 2.29. The van der Waals surface area contributed by atoms with Gasteiger partial charge in [-0.3, -0.25) is 0 Å². The standard InChI is InChI=1S/C11H19NO/c1-2-3-6-9-13-10-11(12)7-4-5-8-11/h4-10,12H2,1H3. The predicted molar refractivity (Wildman–Crippen MR) is 54.3 cm³/mol. The van der Waals surface area contributed by atoms with Crippen LogP contribution in [0.3, 0.4) is 0 Å². The maximum Gasteiger partial charge on any atom is 0.0646 e. The molecule has 0 aromatic rings. The van der Waals surface area contributed by atoms with E-state index in [1.807, 2.05) is 6.92 Å². The summed E-state index contributed by atoms with van der Waals surface area (Å²) in [5.74, 6) is 5.81. The quantitative estimate of drug-likeness (QED) is 0.529. The Morgan fingerprint density at radius 1 is 1.38 bits per heavy atom. The monoisotopic (exact) mass is 181 g/mol. The van der Waals surface area contributed by atoms with Crippen LogP contribution in [0.5, 0.6) is 0 Å². The third-order valence-electron chi connectivity index (χ3n) is 2.54. The Kier molecular flexibility index (Phi) is 4.27. The molecule has 2 nitrogen and oxygen atoms in total. The summed E-state index contributed by atoms with van der Waals surface area (Å²) in [5.41, 5.74) is 6.08. The van der Waals surface area contributed by atoms with Gasteiger partial charge in [-0.15, -0.1) is 11.8 Å². The van der Waals surface area contributed by atoms with Crippen LogP contribution in [-0.4, -0.2) is 18.8 Å². The Morgan fingerprint density at radius 2 is 2.08 bits per heavy atom. The van der Waals surface area contributed by atoms with E-state index in [1.54, 1.807) is 0 Å². The third-order valence-corrected chi connectivity index (χ3v) is 2.54. The van der Waals surface area contributed by atoms with Crippen molar-refractivity contribution in [3.63, 3.8) is 0 Å². The van der Waals surface area contributed by atoms with Crippen molar-refractivity contribution in [3.8, 4) is 11.8 Å². The van der Waals surface area contributed by atoms with Gasteiger partial charge in [0.25, 0.3) is 0 Å². The fourth-order valence-electron chi connectivity index (χ4n) is 1.75. The van der Waals surface area contributed by atoms with Crippen LogP contribution in [0.1, 0.15) is 39.0 Å². The van der Waals surface area contributed by atoms with E-state index in [0.29, 0.717) is 6.61 Å². The van der Waals surface area contributed by atoms with Crippen LogP contribution < -0.4 is 5.73 Å². The first kappa shape index (κ1) is 10.6. The molecule has 0 aromatic carbocycles. The number of hydrogen-bond donors (Lipinski definition) is 1. The lowest BCUT2D eigenvalue weighted by atomic mass is 10.0. The molecule has 0 unspecified atom stereocenters. The van der Waals surface area contributed by atoms with Gasteiger partial charge in [0.1, 0.15) is 0 Å². The SMILES string of the molecule is CC#CCCOCC1(N)CCCC1. The van der Waals surface area contributed by atoms with E-state index in [9.17, 15) is 0 Å². The van der Waals surface area contributed by atoms with Gasteiger partial charge in [-0.25, -0.2) is 0 Å². The van der Waals surface area contributed by atoms with Crippen molar-refractivity contribution in [2.75, 3.05) is 13.2 Å². The van der Waals surface area contributed by atoms with Crippen LogP contribution in [0.15, 0.2) is 0 Å². The summed E-state index contributed by atoms with van der Waals surface area (Å²) in [6.45, 7) is 3.28. The summed E-state index contributed by atoms with van der Waals surface area (Å²) < 4.78 is 5.50. The van der Waals surface area contributed by atoms with Gasteiger partial charge >= 0.3 is 0 Å². The molecule has 1 aliphatic rings. The summed E-state index contributed by atoms with van der Waals surface area (Å²) >= 11 is 0. The molecule has 0 atom stereocenters. The van der Waals surface area contributed by atoms with Crippen molar-refractivity contribution in [3.05, 3.63) is 0 Å². The minimum Gasteiger partial charge on any atom is -0.379 e. The maximum atomic E-state index is 6.11. The van der Waals surface area contributed by atoms with Gasteiger partial charge in [-0.1, -0.05) is 12.8 Å². The van der Waals surface area contributed by atoms with Crippen LogP contribution in [-0.2, 0) is 4.74 Å². The summed E-state index contributed by atoms with van der Waals surface area (Å²) in [5, 5.41) is 0. The molecule has 1 saturated carbocycles. The van der Waals surface area contributed by atoms with Crippen molar-refractivity contribution in [1.82, 2.24) is 0 Å². The molecule has 0 spiro atoms. The second-order valence-electron chi connectivity index (χ2n) is 3.80. The summed E-state index contributed by atoms with van der Waals surface area (Å²) in [7, 11) is 0. The van der Waals surface area contributed by atoms with Crippen LogP contribution >= 0.6 is 0 Å². The molecule has 1 rings (SSSR count). The van der Waals surface area contributed by atoms with Gasteiger partial charge in [0, 0.05) is 12.0 Å². The van der Waals surface area contributed by atoms with E-state index in [-0.39, 0.29) is 5.54 Å². The number of ether oxygens (including phenoxy) is 1. The van der Waals surface area contributed by atoms with Gasteiger partial charge in [0.05, 0.1) is 13.2 Å². The van der Waals surface area contributed by atoms with Gasteiger partial charge in [0.2, 0.25) is 0 Å². The largest absolute Gasteiger partial charge is 0.379 e. The van der Waals surface area contributed by atoms with E-state index in [1.165, 1.54) is 12.8 Å². The van der Waals surface area contributed by atoms with Gasteiger partial charge in [0.15, 0.2) is 0 Å². The molecule has 2 N–H and O–H groups in total. The molecule has 0 heterocycles. The van der Waals surface area contributed by atoms with E-state index >= 15 is 0 Å². The second-order valence-corrected chi connectivity index (χ2v) is 3.80. The van der Waals surface area contributed by atoms with Crippen molar-refractivity contribution >= 4 is 0 Å². The van der Waals surface area contributed by atoms with Crippen LogP contribution in [0.4, 0.5) is 0 Å². The van der Waals surface area contributed by atoms with E-state index in [2.05, 4.69) is 11.8 Å². The summed E-state index contributed by atoms with van der Waals surface area (Å²) in [6.07, 6.45) is 5.58.